The summed E-state index contributed by atoms with van der Waals surface area (Å²) in [7, 11) is 1.23. The molecule has 0 aromatic heterocycles. The summed E-state index contributed by atoms with van der Waals surface area (Å²) < 4.78 is 37.2. The summed E-state index contributed by atoms with van der Waals surface area (Å²) in [6, 6.07) is 0. The Morgan fingerprint density at radius 1 is 0.957 bits per heavy atom. The van der Waals surface area contributed by atoms with E-state index in [0.29, 0.717) is 12.5 Å². The van der Waals surface area contributed by atoms with Crippen LogP contribution in [0.25, 0.3) is 0 Å². The Bertz CT molecular complexity index is 421. The largest absolute Gasteiger partial charge is 0.494 e. The first-order valence-electron chi connectivity index (χ1n) is 8.60. The zero-order chi connectivity index (χ0) is 17.2. The predicted octanol–water partition coefficient (Wildman–Crippen LogP) is 6.21. The summed E-state index contributed by atoms with van der Waals surface area (Å²) in [4.78, 5) is 0. The Morgan fingerprint density at radius 2 is 1.52 bits per heavy atom. The van der Waals surface area contributed by atoms with E-state index in [9.17, 15) is 8.78 Å². The molecular formula is C19H30F2O2. The van der Waals surface area contributed by atoms with Crippen LogP contribution in [0.2, 0.25) is 0 Å². The summed E-state index contributed by atoms with van der Waals surface area (Å²) in [5.74, 6) is -1.72. The SMILES string of the molecule is C=C(OC)/C(F)=C(/F)C(=C)OCC1CCC(CCCCC)CC1. The number of halogens is 2. The van der Waals surface area contributed by atoms with Crippen LogP contribution in [0.4, 0.5) is 8.78 Å². The minimum Gasteiger partial charge on any atom is -0.494 e. The first kappa shape index (κ1) is 19.7. The summed E-state index contributed by atoms with van der Waals surface area (Å²) in [5, 5.41) is 0. The van der Waals surface area contributed by atoms with Crippen LogP contribution >= 0.6 is 0 Å². The molecule has 0 bridgehead atoms. The number of ether oxygens (including phenoxy) is 2. The molecule has 0 atom stereocenters. The highest BCUT2D eigenvalue weighted by molar-refractivity contribution is 5.29. The molecule has 0 saturated heterocycles. The van der Waals surface area contributed by atoms with Gasteiger partial charge < -0.3 is 9.47 Å². The van der Waals surface area contributed by atoms with Gasteiger partial charge in [-0.05, 0) is 24.7 Å². The lowest BCUT2D eigenvalue weighted by atomic mass is 9.80. The molecule has 0 radical (unpaired) electrons. The maximum Gasteiger partial charge on any atom is 0.203 e. The average molecular weight is 328 g/mol. The van der Waals surface area contributed by atoms with Crippen molar-refractivity contribution in [3.63, 3.8) is 0 Å². The van der Waals surface area contributed by atoms with Crippen LogP contribution in [-0.2, 0) is 9.47 Å². The van der Waals surface area contributed by atoms with Crippen molar-refractivity contribution >= 4 is 0 Å². The van der Waals surface area contributed by atoms with E-state index in [2.05, 4.69) is 24.8 Å². The van der Waals surface area contributed by atoms with Crippen molar-refractivity contribution in [2.24, 2.45) is 11.8 Å². The van der Waals surface area contributed by atoms with E-state index in [-0.39, 0.29) is 11.5 Å². The molecule has 0 aliphatic heterocycles. The monoisotopic (exact) mass is 328 g/mol. The van der Waals surface area contributed by atoms with Crippen molar-refractivity contribution in [3.8, 4) is 0 Å². The van der Waals surface area contributed by atoms with Crippen LogP contribution < -0.4 is 0 Å². The van der Waals surface area contributed by atoms with Crippen LogP contribution in [0, 0.1) is 11.8 Å². The molecule has 2 nitrogen and oxygen atoms in total. The fraction of sp³-hybridized carbons (Fsp3) is 0.684. The molecule has 0 spiro atoms. The van der Waals surface area contributed by atoms with Gasteiger partial charge in [0.05, 0.1) is 13.7 Å². The Morgan fingerprint density at radius 3 is 2.09 bits per heavy atom. The van der Waals surface area contributed by atoms with Gasteiger partial charge in [-0.1, -0.05) is 58.6 Å². The Kier molecular flexibility index (Phi) is 8.97. The minimum absolute atomic E-state index is 0.286. The Balaban J connectivity index is 2.31. The second-order valence-electron chi connectivity index (χ2n) is 6.37. The van der Waals surface area contributed by atoms with E-state index >= 15 is 0 Å². The molecule has 1 saturated carbocycles. The van der Waals surface area contributed by atoms with E-state index in [1.54, 1.807) is 0 Å². The van der Waals surface area contributed by atoms with Crippen LogP contribution in [-0.4, -0.2) is 13.7 Å². The number of rotatable bonds is 10. The van der Waals surface area contributed by atoms with Crippen molar-refractivity contribution in [2.75, 3.05) is 13.7 Å². The van der Waals surface area contributed by atoms with Gasteiger partial charge in [0.1, 0.15) is 0 Å². The maximum atomic E-state index is 13.8. The highest BCUT2D eigenvalue weighted by Gasteiger charge is 2.22. The van der Waals surface area contributed by atoms with Gasteiger partial charge in [0.15, 0.2) is 11.5 Å². The molecule has 0 N–H and O–H groups in total. The molecule has 0 heterocycles. The van der Waals surface area contributed by atoms with Crippen molar-refractivity contribution in [3.05, 3.63) is 36.3 Å². The number of hydrogen-bond acceptors (Lipinski definition) is 2. The molecule has 0 aromatic carbocycles. The first-order valence-corrected chi connectivity index (χ1v) is 8.60. The standard InChI is InChI=1S/C19H30F2O2/c1-5-6-7-8-16-9-11-17(12-10-16)13-23-15(3)19(21)18(20)14(2)22-4/h16-17H,2-3,5-13H2,1,4H3/b19-18-. The predicted molar refractivity (Wildman–Crippen MR) is 90.1 cm³/mol. The lowest BCUT2D eigenvalue weighted by molar-refractivity contribution is 0.125. The van der Waals surface area contributed by atoms with Gasteiger partial charge in [-0.15, -0.1) is 0 Å². The number of allylic oxidation sites excluding steroid dienone is 2. The van der Waals surface area contributed by atoms with Gasteiger partial charge >= 0.3 is 0 Å². The summed E-state index contributed by atoms with van der Waals surface area (Å²) in [6.45, 7) is 9.33. The number of hydrogen-bond donors (Lipinski definition) is 0. The van der Waals surface area contributed by atoms with Gasteiger partial charge in [-0.25, -0.2) is 0 Å². The zero-order valence-electron chi connectivity index (χ0n) is 14.5. The highest BCUT2D eigenvalue weighted by Crippen LogP contribution is 2.33. The molecule has 0 amide bonds. The molecular weight excluding hydrogens is 298 g/mol. The molecule has 1 fully saturated rings. The second-order valence-corrected chi connectivity index (χ2v) is 6.37. The number of unbranched alkanes of at least 4 members (excludes halogenated alkanes) is 2. The van der Waals surface area contributed by atoms with Gasteiger partial charge in [-0.2, -0.15) is 8.78 Å². The van der Waals surface area contributed by atoms with E-state index in [4.69, 9.17) is 4.74 Å². The third-order valence-electron chi connectivity index (χ3n) is 4.60. The van der Waals surface area contributed by atoms with E-state index in [1.807, 2.05) is 0 Å². The van der Waals surface area contributed by atoms with Crippen LogP contribution in [0.1, 0.15) is 58.3 Å². The van der Waals surface area contributed by atoms with Crippen LogP contribution in [0.15, 0.2) is 36.3 Å². The molecule has 1 aliphatic rings. The second kappa shape index (κ2) is 10.5. The molecule has 4 heteroatoms. The van der Waals surface area contributed by atoms with Gasteiger partial charge in [0, 0.05) is 0 Å². The van der Waals surface area contributed by atoms with E-state index < -0.39 is 11.7 Å². The average Bonchev–Trinajstić information content (AvgIpc) is 2.58. The minimum atomic E-state index is -1.16. The maximum absolute atomic E-state index is 13.8. The summed E-state index contributed by atoms with van der Waals surface area (Å²) in [5.41, 5.74) is 0. The molecule has 0 unspecified atom stereocenters. The quantitative estimate of drug-likeness (QED) is 0.269. The third kappa shape index (κ3) is 6.76. The number of methoxy groups -OCH3 is 1. The topological polar surface area (TPSA) is 18.5 Å². The third-order valence-corrected chi connectivity index (χ3v) is 4.60. The van der Waals surface area contributed by atoms with Crippen molar-refractivity contribution < 1.29 is 18.3 Å². The Hall–Kier alpha value is -1.32. The van der Waals surface area contributed by atoms with E-state index in [0.717, 1.165) is 18.8 Å². The summed E-state index contributed by atoms with van der Waals surface area (Å²) >= 11 is 0. The smallest absolute Gasteiger partial charge is 0.203 e. The van der Waals surface area contributed by atoms with Gasteiger partial charge in [0.25, 0.3) is 0 Å². The van der Waals surface area contributed by atoms with Crippen LogP contribution in [0.5, 0.6) is 0 Å². The highest BCUT2D eigenvalue weighted by atomic mass is 19.2. The summed E-state index contributed by atoms with van der Waals surface area (Å²) in [6.07, 6.45) is 9.79. The normalized spacial score (nSPS) is 22.3. The van der Waals surface area contributed by atoms with E-state index in [1.165, 1.54) is 45.6 Å². The molecule has 1 aliphatic carbocycles. The van der Waals surface area contributed by atoms with Crippen molar-refractivity contribution in [2.45, 2.75) is 58.3 Å². The Labute approximate surface area is 139 Å². The fourth-order valence-corrected chi connectivity index (χ4v) is 2.99. The van der Waals surface area contributed by atoms with Gasteiger partial charge in [-0.3, -0.25) is 0 Å². The molecule has 23 heavy (non-hydrogen) atoms. The molecule has 0 aromatic rings. The molecule has 132 valence electrons. The lowest BCUT2D eigenvalue weighted by Crippen LogP contribution is -2.18. The first-order chi connectivity index (χ1) is 11.0. The molecule has 1 rings (SSSR count). The van der Waals surface area contributed by atoms with Crippen LogP contribution in [0.3, 0.4) is 0 Å². The van der Waals surface area contributed by atoms with Crippen molar-refractivity contribution in [1.29, 1.82) is 0 Å². The fourth-order valence-electron chi connectivity index (χ4n) is 2.99. The van der Waals surface area contributed by atoms with Crippen molar-refractivity contribution in [1.82, 2.24) is 0 Å². The lowest BCUT2D eigenvalue weighted by Gasteiger charge is -2.28. The van der Waals surface area contributed by atoms with Gasteiger partial charge in [0.2, 0.25) is 11.7 Å². The zero-order valence-corrected chi connectivity index (χ0v) is 14.5.